The summed E-state index contributed by atoms with van der Waals surface area (Å²) in [6, 6.07) is 0. The molecule has 0 aromatic heterocycles. The third-order valence-corrected chi connectivity index (χ3v) is 4.64. The fraction of sp³-hybridized carbons (Fsp3) is 0.800. The summed E-state index contributed by atoms with van der Waals surface area (Å²) in [5.41, 5.74) is 0. The fourth-order valence-electron chi connectivity index (χ4n) is 3.24. The molecule has 1 saturated carbocycles. The molecule has 1 saturated heterocycles. The minimum Gasteiger partial charge on any atom is -0.481 e. The number of rotatable bonds is 4. The van der Waals surface area contributed by atoms with Gasteiger partial charge in [-0.1, -0.05) is 25.7 Å². The van der Waals surface area contributed by atoms with E-state index in [1.54, 1.807) is 0 Å². The first-order valence-electron chi connectivity index (χ1n) is 7.88. The van der Waals surface area contributed by atoms with Gasteiger partial charge in [-0.2, -0.15) is 0 Å². The number of carbonyl (C=O) groups is 3. The first kappa shape index (κ1) is 15.8. The lowest BCUT2D eigenvalue weighted by Gasteiger charge is -2.29. The van der Waals surface area contributed by atoms with Gasteiger partial charge >= 0.3 is 17.8 Å². The van der Waals surface area contributed by atoms with E-state index in [2.05, 4.69) is 5.32 Å². The van der Waals surface area contributed by atoms with Crippen LogP contribution in [-0.2, 0) is 14.4 Å². The second kappa shape index (κ2) is 7.43. The van der Waals surface area contributed by atoms with E-state index in [-0.39, 0.29) is 5.92 Å². The molecule has 0 radical (unpaired) electrons. The van der Waals surface area contributed by atoms with E-state index in [4.69, 9.17) is 5.11 Å². The van der Waals surface area contributed by atoms with Gasteiger partial charge in [0.25, 0.3) is 0 Å². The summed E-state index contributed by atoms with van der Waals surface area (Å²) in [7, 11) is 0. The standard InChI is InChI=1S/C15H24N2O4/c18-13(16-8-5-11-3-1-2-4-11)14(19)17-9-6-12(7-10-17)15(20)21/h11-12H,1-10H2,(H,16,18)(H,20,21). The zero-order chi connectivity index (χ0) is 15.2. The number of nitrogens with zero attached hydrogens (tertiary/aromatic N) is 1. The SMILES string of the molecule is O=C(NCCC1CCCC1)C(=O)N1CCC(C(=O)O)CC1. The minimum absolute atomic E-state index is 0.353. The maximum absolute atomic E-state index is 12.0. The number of carbonyl (C=O) groups excluding carboxylic acids is 2. The second-order valence-electron chi connectivity index (χ2n) is 6.10. The summed E-state index contributed by atoms with van der Waals surface area (Å²) < 4.78 is 0. The average Bonchev–Trinajstić information content (AvgIpc) is 2.99. The Bertz CT molecular complexity index is 396. The van der Waals surface area contributed by atoms with Crippen LogP contribution >= 0.6 is 0 Å². The van der Waals surface area contributed by atoms with Gasteiger partial charge < -0.3 is 15.3 Å². The van der Waals surface area contributed by atoms with Crippen molar-refractivity contribution in [1.29, 1.82) is 0 Å². The Kier molecular flexibility index (Phi) is 5.59. The van der Waals surface area contributed by atoms with Crippen molar-refractivity contribution < 1.29 is 19.5 Å². The van der Waals surface area contributed by atoms with Gasteiger partial charge in [0, 0.05) is 19.6 Å². The van der Waals surface area contributed by atoms with Gasteiger partial charge in [0.1, 0.15) is 0 Å². The van der Waals surface area contributed by atoms with Crippen molar-refractivity contribution in [3.05, 3.63) is 0 Å². The maximum Gasteiger partial charge on any atom is 0.311 e. The second-order valence-corrected chi connectivity index (χ2v) is 6.10. The van der Waals surface area contributed by atoms with Gasteiger partial charge in [0.15, 0.2) is 0 Å². The van der Waals surface area contributed by atoms with E-state index in [0.717, 1.165) is 6.42 Å². The Morgan fingerprint density at radius 1 is 1.05 bits per heavy atom. The molecule has 1 aliphatic carbocycles. The molecular formula is C15H24N2O4. The van der Waals surface area contributed by atoms with Crippen LogP contribution < -0.4 is 5.32 Å². The lowest BCUT2D eigenvalue weighted by molar-refractivity contribution is -0.149. The first-order valence-corrected chi connectivity index (χ1v) is 7.88. The van der Waals surface area contributed by atoms with E-state index >= 15 is 0 Å². The van der Waals surface area contributed by atoms with Gasteiger partial charge in [0.2, 0.25) is 0 Å². The molecule has 118 valence electrons. The van der Waals surface area contributed by atoms with Gasteiger partial charge in [0.05, 0.1) is 5.92 Å². The summed E-state index contributed by atoms with van der Waals surface area (Å²) in [5.74, 6) is -1.60. The minimum atomic E-state index is -0.817. The molecule has 2 aliphatic rings. The molecule has 0 spiro atoms. The van der Waals surface area contributed by atoms with Crippen LogP contribution in [0.5, 0.6) is 0 Å². The van der Waals surface area contributed by atoms with Crippen molar-refractivity contribution in [3.63, 3.8) is 0 Å². The number of nitrogens with one attached hydrogen (secondary N) is 1. The Hall–Kier alpha value is -1.59. The first-order chi connectivity index (χ1) is 10.1. The highest BCUT2D eigenvalue weighted by Gasteiger charge is 2.29. The molecule has 21 heavy (non-hydrogen) atoms. The van der Waals surface area contributed by atoms with Gasteiger partial charge in [-0.05, 0) is 25.2 Å². The van der Waals surface area contributed by atoms with Crippen molar-refractivity contribution in [1.82, 2.24) is 10.2 Å². The van der Waals surface area contributed by atoms with Gasteiger partial charge in [-0.25, -0.2) is 0 Å². The number of carboxylic acid groups (broad SMARTS) is 1. The molecule has 1 heterocycles. The van der Waals surface area contributed by atoms with Crippen LogP contribution in [0.2, 0.25) is 0 Å². The van der Waals surface area contributed by atoms with Crippen LogP contribution in [0, 0.1) is 11.8 Å². The van der Waals surface area contributed by atoms with Crippen molar-refractivity contribution in [2.45, 2.75) is 44.9 Å². The number of likely N-dealkylation sites (tertiary alicyclic amines) is 1. The summed E-state index contributed by atoms with van der Waals surface area (Å²) in [4.78, 5) is 36.1. The Balaban J connectivity index is 1.67. The van der Waals surface area contributed by atoms with Crippen molar-refractivity contribution in [2.24, 2.45) is 11.8 Å². The molecule has 2 fully saturated rings. The number of piperidine rings is 1. The summed E-state index contributed by atoms with van der Waals surface area (Å²) in [6.07, 6.45) is 6.80. The van der Waals surface area contributed by atoms with Gasteiger partial charge in [-0.3, -0.25) is 14.4 Å². The molecule has 0 aromatic rings. The predicted octanol–water partition coefficient (Wildman–Crippen LogP) is 1.01. The summed E-state index contributed by atoms with van der Waals surface area (Å²) >= 11 is 0. The molecule has 6 nitrogen and oxygen atoms in total. The largest absolute Gasteiger partial charge is 0.481 e. The third kappa shape index (κ3) is 4.44. The summed E-state index contributed by atoms with van der Waals surface area (Å²) in [6.45, 7) is 1.26. The maximum atomic E-state index is 12.0. The van der Waals surface area contributed by atoms with Crippen LogP contribution in [0.1, 0.15) is 44.9 Å². The van der Waals surface area contributed by atoms with Crippen LogP contribution in [0.15, 0.2) is 0 Å². The number of carboxylic acids is 1. The zero-order valence-electron chi connectivity index (χ0n) is 12.3. The Labute approximate surface area is 124 Å². The third-order valence-electron chi connectivity index (χ3n) is 4.64. The fourth-order valence-corrected chi connectivity index (χ4v) is 3.24. The molecule has 0 bridgehead atoms. The molecule has 0 aromatic carbocycles. The highest BCUT2D eigenvalue weighted by Crippen LogP contribution is 2.26. The van der Waals surface area contributed by atoms with Crippen molar-refractivity contribution >= 4 is 17.8 Å². The van der Waals surface area contributed by atoms with E-state index in [1.807, 2.05) is 0 Å². The van der Waals surface area contributed by atoms with E-state index in [0.29, 0.717) is 38.4 Å². The Morgan fingerprint density at radius 3 is 2.24 bits per heavy atom. The van der Waals surface area contributed by atoms with E-state index in [9.17, 15) is 14.4 Å². The summed E-state index contributed by atoms with van der Waals surface area (Å²) in [5, 5.41) is 11.6. The van der Waals surface area contributed by atoms with Crippen LogP contribution in [0.3, 0.4) is 0 Å². The number of hydrogen-bond donors (Lipinski definition) is 2. The molecular weight excluding hydrogens is 272 g/mol. The molecule has 2 rings (SSSR count). The molecule has 0 atom stereocenters. The van der Waals surface area contributed by atoms with Crippen LogP contribution in [0.25, 0.3) is 0 Å². The average molecular weight is 296 g/mol. The van der Waals surface area contributed by atoms with Gasteiger partial charge in [-0.15, -0.1) is 0 Å². The Morgan fingerprint density at radius 2 is 1.67 bits per heavy atom. The highest BCUT2D eigenvalue weighted by atomic mass is 16.4. The molecule has 2 amide bonds. The smallest absolute Gasteiger partial charge is 0.311 e. The van der Waals surface area contributed by atoms with E-state index in [1.165, 1.54) is 30.6 Å². The quantitative estimate of drug-likeness (QED) is 0.758. The van der Waals surface area contributed by atoms with Crippen molar-refractivity contribution in [2.75, 3.05) is 19.6 Å². The number of aliphatic carboxylic acids is 1. The highest BCUT2D eigenvalue weighted by molar-refractivity contribution is 6.35. The van der Waals surface area contributed by atoms with Crippen LogP contribution in [-0.4, -0.2) is 47.4 Å². The normalized spacial score (nSPS) is 20.5. The van der Waals surface area contributed by atoms with Crippen molar-refractivity contribution in [3.8, 4) is 0 Å². The molecule has 2 N–H and O–H groups in total. The topological polar surface area (TPSA) is 86.7 Å². The zero-order valence-corrected chi connectivity index (χ0v) is 12.3. The molecule has 0 unspecified atom stereocenters. The molecule has 6 heteroatoms. The lowest BCUT2D eigenvalue weighted by Crippen LogP contribution is -2.47. The van der Waals surface area contributed by atoms with Crippen LogP contribution in [0.4, 0.5) is 0 Å². The molecule has 1 aliphatic heterocycles. The van der Waals surface area contributed by atoms with E-state index < -0.39 is 17.8 Å². The predicted molar refractivity (Wildman–Crippen MR) is 76.5 cm³/mol. The number of amides is 2. The monoisotopic (exact) mass is 296 g/mol. The lowest BCUT2D eigenvalue weighted by atomic mass is 9.97. The number of hydrogen-bond acceptors (Lipinski definition) is 3.